The monoisotopic (exact) mass is 347 g/mol. The highest BCUT2D eigenvalue weighted by atomic mass is 32.2. The molecule has 0 bridgehead atoms. The van der Waals surface area contributed by atoms with Gasteiger partial charge in [0.05, 0.1) is 17.0 Å². The summed E-state index contributed by atoms with van der Waals surface area (Å²) in [5, 5.41) is 4.77. The van der Waals surface area contributed by atoms with Gasteiger partial charge in [-0.25, -0.2) is 8.42 Å². The van der Waals surface area contributed by atoms with Gasteiger partial charge in [-0.1, -0.05) is 18.2 Å². The molecule has 1 aliphatic heterocycles. The quantitative estimate of drug-likeness (QED) is 0.836. The summed E-state index contributed by atoms with van der Waals surface area (Å²) in [5.41, 5.74) is 5.61. The van der Waals surface area contributed by atoms with Crippen LogP contribution >= 0.6 is 0 Å². The number of anilines is 1. The van der Waals surface area contributed by atoms with Gasteiger partial charge in [0.25, 0.3) is 5.91 Å². The minimum atomic E-state index is -4.83. The van der Waals surface area contributed by atoms with Crippen molar-refractivity contribution < 1.29 is 23.9 Å². The Morgan fingerprint density at radius 1 is 1.21 bits per heavy atom. The first-order valence-electron chi connectivity index (χ1n) is 6.83. The standard InChI is InChI=1S/C15H13N3O5S/c16-14-9-15(19)18(17-14)10-6-7-12(13(8-10)24(20,21)22)23-11-4-2-1-3-5-11/h1-8H,9H2,(H2,16,17)(H,20,21,22). The van der Waals surface area contributed by atoms with Crippen molar-refractivity contribution in [1.29, 1.82) is 0 Å². The van der Waals surface area contributed by atoms with Crippen molar-refractivity contribution in [2.75, 3.05) is 5.01 Å². The predicted molar refractivity (Wildman–Crippen MR) is 85.8 cm³/mol. The molecule has 0 aliphatic carbocycles. The van der Waals surface area contributed by atoms with E-state index in [-0.39, 0.29) is 25.1 Å². The molecule has 1 heterocycles. The van der Waals surface area contributed by atoms with Gasteiger partial charge in [0.2, 0.25) is 0 Å². The molecule has 0 atom stereocenters. The zero-order chi connectivity index (χ0) is 17.3. The van der Waals surface area contributed by atoms with Crippen LogP contribution in [0.25, 0.3) is 0 Å². The number of hydrogen-bond acceptors (Lipinski definition) is 7. The number of hydrogen-bond donors (Lipinski definition) is 1. The van der Waals surface area contributed by atoms with Crippen molar-refractivity contribution in [2.24, 2.45) is 10.8 Å². The molecule has 124 valence electrons. The number of hydrazone groups is 1. The molecular formula is C15H13N3O5S. The molecule has 2 aromatic rings. The van der Waals surface area contributed by atoms with E-state index in [4.69, 9.17) is 10.5 Å². The molecule has 0 unspecified atom stereocenters. The Balaban J connectivity index is 0.00000225. The number of amides is 1. The number of amidine groups is 1. The number of ether oxygens (including phenoxy) is 1. The summed E-state index contributed by atoms with van der Waals surface area (Å²) < 4.78 is 40.1. The first-order valence-corrected chi connectivity index (χ1v) is 8.24. The number of rotatable bonds is 4. The van der Waals surface area contributed by atoms with Crippen LogP contribution in [0.2, 0.25) is 0 Å². The lowest BCUT2D eigenvalue weighted by Crippen LogP contribution is -2.20. The van der Waals surface area contributed by atoms with Gasteiger partial charge in [0.15, 0.2) is 0 Å². The van der Waals surface area contributed by atoms with Gasteiger partial charge >= 0.3 is 1.43 Å². The third-order valence-corrected chi connectivity index (χ3v) is 4.07. The number of carbonyl (C=O) groups excluding carboxylic acids is 1. The van der Waals surface area contributed by atoms with E-state index in [1.54, 1.807) is 30.3 Å². The summed E-state index contributed by atoms with van der Waals surface area (Å²) in [7, 11) is -4.83. The van der Waals surface area contributed by atoms with Gasteiger partial charge in [-0.2, -0.15) is 10.1 Å². The Labute approximate surface area is 139 Å². The summed E-state index contributed by atoms with van der Waals surface area (Å²) in [5.74, 6) is -0.0761. The van der Waals surface area contributed by atoms with Crippen molar-refractivity contribution >= 4 is 27.5 Å². The van der Waals surface area contributed by atoms with Gasteiger partial charge in [-0.3, -0.25) is 4.79 Å². The Kier molecular flexibility index (Phi) is 3.96. The van der Waals surface area contributed by atoms with Crippen LogP contribution < -0.4 is 15.5 Å². The van der Waals surface area contributed by atoms with Crippen LogP contribution in [-0.4, -0.2) is 24.7 Å². The molecule has 9 heteroatoms. The Morgan fingerprint density at radius 3 is 2.50 bits per heavy atom. The molecule has 1 amide bonds. The van der Waals surface area contributed by atoms with Crippen LogP contribution in [0.4, 0.5) is 5.69 Å². The largest absolute Gasteiger partial charge is 1.00 e. The summed E-state index contributed by atoms with van der Waals surface area (Å²) in [6, 6.07) is 12.2. The molecule has 0 fully saturated rings. The zero-order valence-electron chi connectivity index (χ0n) is 13.2. The van der Waals surface area contributed by atoms with Gasteiger partial charge in [-0.15, -0.1) is 0 Å². The van der Waals surface area contributed by atoms with E-state index in [1.165, 1.54) is 12.1 Å². The number of nitrogens with two attached hydrogens (primary N) is 1. The van der Waals surface area contributed by atoms with Crippen molar-refractivity contribution in [2.45, 2.75) is 11.3 Å². The molecular weight excluding hydrogens is 334 g/mol. The summed E-state index contributed by atoms with van der Waals surface area (Å²) in [6.07, 6.45) is -0.0677. The van der Waals surface area contributed by atoms with Crippen LogP contribution in [0.3, 0.4) is 0 Å². The van der Waals surface area contributed by atoms with Crippen molar-refractivity contribution in [3.63, 3.8) is 0 Å². The average Bonchev–Trinajstić information content (AvgIpc) is 2.86. The number of benzene rings is 2. The SMILES string of the molecule is NC1=NN(c2ccc(Oc3ccccc3)c(S(=O)(=O)[O-])c2)C(=O)C1.[H+]. The zero-order valence-corrected chi connectivity index (χ0v) is 13.1. The number of nitrogens with zero attached hydrogens (tertiary/aromatic N) is 2. The molecule has 0 spiro atoms. The molecule has 0 saturated heterocycles. The highest BCUT2D eigenvalue weighted by Crippen LogP contribution is 2.33. The van der Waals surface area contributed by atoms with E-state index in [9.17, 15) is 17.8 Å². The van der Waals surface area contributed by atoms with Gasteiger partial charge in [0, 0.05) is 0 Å². The van der Waals surface area contributed by atoms with E-state index < -0.39 is 20.9 Å². The lowest BCUT2D eigenvalue weighted by Gasteiger charge is -2.18. The maximum absolute atomic E-state index is 11.8. The molecule has 0 aromatic heterocycles. The van der Waals surface area contributed by atoms with Crippen molar-refractivity contribution in [1.82, 2.24) is 0 Å². The van der Waals surface area contributed by atoms with Crippen molar-refractivity contribution in [3.05, 3.63) is 48.5 Å². The molecule has 0 saturated carbocycles. The van der Waals surface area contributed by atoms with Crippen LogP contribution in [0.15, 0.2) is 58.5 Å². The number of para-hydroxylation sites is 1. The molecule has 2 N–H and O–H groups in total. The van der Waals surface area contributed by atoms with Gasteiger partial charge < -0.3 is 15.0 Å². The Morgan fingerprint density at radius 2 is 1.92 bits per heavy atom. The summed E-state index contributed by atoms with van der Waals surface area (Å²) in [4.78, 5) is 11.2. The van der Waals surface area contributed by atoms with E-state index in [0.29, 0.717) is 5.75 Å². The molecule has 1 aliphatic rings. The second-order valence-electron chi connectivity index (χ2n) is 4.97. The van der Waals surface area contributed by atoms with Crippen LogP contribution in [0.1, 0.15) is 7.85 Å². The fraction of sp³-hybridized carbons (Fsp3) is 0.0667. The third-order valence-electron chi connectivity index (χ3n) is 3.21. The average molecular weight is 347 g/mol. The van der Waals surface area contributed by atoms with Gasteiger partial charge in [-0.05, 0) is 30.3 Å². The van der Waals surface area contributed by atoms with E-state index in [0.717, 1.165) is 11.1 Å². The van der Waals surface area contributed by atoms with Gasteiger partial charge in [0.1, 0.15) is 27.5 Å². The van der Waals surface area contributed by atoms with Crippen molar-refractivity contribution in [3.8, 4) is 11.5 Å². The predicted octanol–water partition coefficient (Wildman–Crippen LogP) is 1.50. The fourth-order valence-electron chi connectivity index (χ4n) is 2.17. The lowest BCUT2D eigenvalue weighted by molar-refractivity contribution is -0.116. The smallest absolute Gasteiger partial charge is 0.744 e. The lowest BCUT2D eigenvalue weighted by atomic mass is 10.2. The Hall–Kier alpha value is -2.91. The molecule has 8 nitrogen and oxygen atoms in total. The second-order valence-corrected chi connectivity index (χ2v) is 6.32. The Bertz CT molecular complexity index is 931. The second kappa shape index (κ2) is 5.95. The first kappa shape index (κ1) is 16.0. The molecule has 2 aromatic carbocycles. The fourth-order valence-corrected chi connectivity index (χ4v) is 2.80. The minimum absolute atomic E-state index is 0. The minimum Gasteiger partial charge on any atom is -0.744 e. The third kappa shape index (κ3) is 3.21. The summed E-state index contributed by atoms with van der Waals surface area (Å²) >= 11 is 0. The highest BCUT2D eigenvalue weighted by molar-refractivity contribution is 7.85. The van der Waals surface area contributed by atoms with E-state index in [2.05, 4.69) is 5.10 Å². The molecule has 3 rings (SSSR count). The first-order chi connectivity index (χ1) is 11.3. The normalized spacial score (nSPS) is 14.6. The highest BCUT2D eigenvalue weighted by Gasteiger charge is 2.25. The maximum atomic E-state index is 11.8. The summed E-state index contributed by atoms with van der Waals surface area (Å²) in [6.45, 7) is 0. The topological polar surface area (TPSA) is 125 Å². The molecule has 24 heavy (non-hydrogen) atoms. The van der Waals surface area contributed by atoms with E-state index in [1.807, 2.05) is 0 Å². The van der Waals surface area contributed by atoms with Crippen LogP contribution in [0.5, 0.6) is 11.5 Å². The van der Waals surface area contributed by atoms with E-state index >= 15 is 0 Å². The van der Waals surface area contributed by atoms with Crippen LogP contribution in [0, 0.1) is 0 Å². The number of carbonyl (C=O) groups is 1. The maximum Gasteiger partial charge on any atom is 1.00 e. The molecule has 0 radical (unpaired) electrons. The van der Waals surface area contributed by atoms with Crippen LogP contribution in [-0.2, 0) is 14.9 Å².